The minimum Gasteiger partial charge on any atom is -0.273 e. The van der Waals surface area contributed by atoms with Crippen molar-refractivity contribution in [2.45, 2.75) is 5.03 Å². The molecule has 0 saturated carbocycles. The Morgan fingerprint density at radius 1 is 1.42 bits per heavy atom. The van der Waals surface area contributed by atoms with Gasteiger partial charge in [-0.3, -0.25) is 4.68 Å². The molecule has 2 aromatic heterocycles. The Kier molecular flexibility index (Phi) is 1.73. The summed E-state index contributed by atoms with van der Waals surface area (Å²) in [6.07, 6.45) is 5.47. The standard InChI is InChI=1S/C7H8N4S/c1-11-3-5-6(10-11)8-4-9-7(5)12-2/h3-4H,1-2H3. The number of hydrogen-bond acceptors (Lipinski definition) is 4. The van der Waals surface area contributed by atoms with E-state index in [1.54, 1.807) is 22.8 Å². The van der Waals surface area contributed by atoms with Crippen LogP contribution in [0.2, 0.25) is 0 Å². The smallest absolute Gasteiger partial charge is 0.185 e. The van der Waals surface area contributed by atoms with Crippen molar-refractivity contribution >= 4 is 22.8 Å². The van der Waals surface area contributed by atoms with Crippen molar-refractivity contribution in [3.63, 3.8) is 0 Å². The third-order valence-electron chi connectivity index (χ3n) is 1.59. The summed E-state index contributed by atoms with van der Waals surface area (Å²) in [6.45, 7) is 0. The lowest BCUT2D eigenvalue weighted by molar-refractivity contribution is 0.775. The first-order valence-electron chi connectivity index (χ1n) is 3.49. The van der Waals surface area contributed by atoms with Crippen LogP contribution in [0.25, 0.3) is 11.0 Å². The Labute approximate surface area is 74.0 Å². The predicted molar refractivity (Wildman–Crippen MR) is 48.1 cm³/mol. The highest BCUT2D eigenvalue weighted by molar-refractivity contribution is 7.98. The van der Waals surface area contributed by atoms with Crippen LogP contribution in [0.5, 0.6) is 0 Å². The van der Waals surface area contributed by atoms with E-state index in [1.165, 1.54) is 0 Å². The Balaban J connectivity index is 2.78. The lowest BCUT2D eigenvalue weighted by Gasteiger charge is -1.92. The molecule has 12 heavy (non-hydrogen) atoms. The summed E-state index contributed by atoms with van der Waals surface area (Å²) in [5.74, 6) is 0. The molecule has 0 aliphatic heterocycles. The van der Waals surface area contributed by atoms with Gasteiger partial charge in [0, 0.05) is 13.2 Å². The third-order valence-corrected chi connectivity index (χ3v) is 2.30. The SMILES string of the molecule is CSc1ncnc2nn(C)cc12. The summed E-state index contributed by atoms with van der Waals surface area (Å²) in [5, 5.41) is 6.17. The maximum atomic E-state index is 4.17. The number of aromatic nitrogens is 4. The summed E-state index contributed by atoms with van der Waals surface area (Å²) in [4.78, 5) is 8.19. The van der Waals surface area contributed by atoms with Gasteiger partial charge in [-0.2, -0.15) is 5.10 Å². The first kappa shape index (κ1) is 7.54. The van der Waals surface area contributed by atoms with Crippen LogP contribution in [0.1, 0.15) is 0 Å². The second-order valence-corrected chi connectivity index (χ2v) is 3.22. The van der Waals surface area contributed by atoms with E-state index in [4.69, 9.17) is 0 Å². The molecule has 0 aliphatic rings. The van der Waals surface area contributed by atoms with Crippen LogP contribution in [-0.4, -0.2) is 26.0 Å². The zero-order valence-electron chi connectivity index (χ0n) is 6.85. The minimum absolute atomic E-state index is 0.761. The molecule has 4 nitrogen and oxygen atoms in total. The summed E-state index contributed by atoms with van der Waals surface area (Å²) >= 11 is 1.61. The zero-order valence-corrected chi connectivity index (χ0v) is 7.67. The number of fused-ring (bicyclic) bond motifs is 1. The van der Waals surface area contributed by atoms with Gasteiger partial charge in [-0.05, 0) is 6.26 Å². The van der Waals surface area contributed by atoms with Gasteiger partial charge in [0.2, 0.25) is 0 Å². The molecular formula is C7H8N4S. The van der Waals surface area contributed by atoms with Crippen LogP contribution >= 0.6 is 11.8 Å². The number of rotatable bonds is 1. The summed E-state index contributed by atoms with van der Waals surface area (Å²) in [5.41, 5.74) is 0.761. The van der Waals surface area contributed by atoms with Crippen molar-refractivity contribution in [1.82, 2.24) is 19.7 Å². The maximum Gasteiger partial charge on any atom is 0.185 e. The molecule has 2 heterocycles. The van der Waals surface area contributed by atoms with Crippen molar-refractivity contribution in [3.8, 4) is 0 Å². The molecule has 0 amide bonds. The molecular weight excluding hydrogens is 172 g/mol. The van der Waals surface area contributed by atoms with Gasteiger partial charge in [-0.15, -0.1) is 11.8 Å². The summed E-state index contributed by atoms with van der Waals surface area (Å²) < 4.78 is 1.75. The average Bonchev–Trinajstić information content (AvgIpc) is 2.44. The Morgan fingerprint density at radius 3 is 3.00 bits per heavy atom. The topological polar surface area (TPSA) is 43.6 Å². The highest BCUT2D eigenvalue weighted by atomic mass is 32.2. The van der Waals surface area contributed by atoms with Crippen molar-refractivity contribution in [2.75, 3.05) is 6.26 Å². The van der Waals surface area contributed by atoms with E-state index < -0.39 is 0 Å². The Morgan fingerprint density at radius 2 is 2.25 bits per heavy atom. The number of aryl methyl sites for hydroxylation is 1. The quantitative estimate of drug-likeness (QED) is 0.486. The Bertz CT molecular complexity index is 409. The molecule has 0 atom stereocenters. The fourth-order valence-corrected chi connectivity index (χ4v) is 1.61. The number of nitrogens with zero attached hydrogens (tertiary/aromatic N) is 4. The van der Waals surface area contributed by atoms with E-state index in [-0.39, 0.29) is 0 Å². The van der Waals surface area contributed by atoms with Crippen molar-refractivity contribution in [2.24, 2.45) is 7.05 Å². The van der Waals surface area contributed by atoms with E-state index in [2.05, 4.69) is 15.1 Å². The summed E-state index contributed by atoms with van der Waals surface area (Å²) in [6, 6.07) is 0. The Hall–Kier alpha value is -1.10. The number of hydrogen-bond donors (Lipinski definition) is 0. The molecule has 0 unspecified atom stereocenters. The minimum atomic E-state index is 0.761. The molecule has 2 aromatic rings. The van der Waals surface area contributed by atoms with Crippen molar-refractivity contribution in [1.29, 1.82) is 0 Å². The van der Waals surface area contributed by atoms with Crippen molar-refractivity contribution in [3.05, 3.63) is 12.5 Å². The van der Waals surface area contributed by atoms with Gasteiger partial charge in [-0.25, -0.2) is 9.97 Å². The second-order valence-electron chi connectivity index (χ2n) is 2.42. The van der Waals surface area contributed by atoms with Crippen LogP contribution in [0.4, 0.5) is 0 Å². The first-order chi connectivity index (χ1) is 5.81. The molecule has 0 N–H and O–H groups in total. The highest BCUT2D eigenvalue weighted by Gasteiger charge is 2.04. The molecule has 62 valence electrons. The molecule has 0 radical (unpaired) electrons. The van der Waals surface area contributed by atoms with Gasteiger partial charge in [0.25, 0.3) is 0 Å². The molecule has 5 heteroatoms. The first-order valence-corrected chi connectivity index (χ1v) is 4.72. The maximum absolute atomic E-state index is 4.17. The number of thioether (sulfide) groups is 1. The van der Waals surface area contributed by atoms with Crippen LogP contribution < -0.4 is 0 Å². The normalized spacial score (nSPS) is 10.8. The molecule has 2 rings (SSSR count). The van der Waals surface area contributed by atoms with Gasteiger partial charge in [0.15, 0.2) is 5.65 Å². The van der Waals surface area contributed by atoms with E-state index in [0.717, 1.165) is 16.1 Å². The predicted octanol–water partition coefficient (Wildman–Crippen LogP) is 1.09. The van der Waals surface area contributed by atoms with E-state index >= 15 is 0 Å². The summed E-state index contributed by atoms with van der Waals surface area (Å²) in [7, 11) is 1.88. The van der Waals surface area contributed by atoms with Crippen LogP contribution in [0.15, 0.2) is 17.6 Å². The molecule has 0 saturated heterocycles. The van der Waals surface area contributed by atoms with Crippen molar-refractivity contribution < 1.29 is 0 Å². The monoisotopic (exact) mass is 180 g/mol. The van der Waals surface area contributed by atoms with Crippen LogP contribution in [0, 0.1) is 0 Å². The van der Waals surface area contributed by atoms with E-state index in [0.29, 0.717) is 0 Å². The fourth-order valence-electron chi connectivity index (χ4n) is 1.09. The van der Waals surface area contributed by atoms with Gasteiger partial charge in [0.1, 0.15) is 11.4 Å². The molecule has 0 aliphatic carbocycles. The largest absolute Gasteiger partial charge is 0.273 e. The molecule has 0 aromatic carbocycles. The molecule has 0 spiro atoms. The van der Waals surface area contributed by atoms with E-state index in [1.807, 2.05) is 19.5 Å². The lowest BCUT2D eigenvalue weighted by Crippen LogP contribution is -1.86. The zero-order chi connectivity index (χ0) is 8.55. The van der Waals surface area contributed by atoms with Gasteiger partial charge in [-0.1, -0.05) is 0 Å². The van der Waals surface area contributed by atoms with Gasteiger partial charge in [0.05, 0.1) is 5.39 Å². The lowest BCUT2D eigenvalue weighted by atomic mass is 10.4. The van der Waals surface area contributed by atoms with Crippen LogP contribution in [0.3, 0.4) is 0 Å². The second kappa shape index (κ2) is 2.75. The molecule has 0 bridgehead atoms. The average molecular weight is 180 g/mol. The van der Waals surface area contributed by atoms with Crippen LogP contribution in [-0.2, 0) is 7.05 Å². The van der Waals surface area contributed by atoms with Gasteiger partial charge >= 0.3 is 0 Å². The fraction of sp³-hybridized carbons (Fsp3) is 0.286. The van der Waals surface area contributed by atoms with Gasteiger partial charge < -0.3 is 0 Å². The highest BCUT2D eigenvalue weighted by Crippen LogP contribution is 2.20. The van der Waals surface area contributed by atoms with E-state index in [9.17, 15) is 0 Å². The molecule has 0 fully saturated rings. The third kappa shape index (κ3) is 1.06.